The van der Waals surface area contributed by atoms with Crippen molar-refractivity contribution in [2.75, 3.05) is 18.1 Å². The smallest absolute Gasteiger partial charge is 0.270 e. The van der Waals surface area contributed by atoms with Gasteiger partial charge in [-0.3, -0.25) is 19.4 Å². The molecule has 1 heterocycles. The van der Waals surface area contributed by atoms with E-state index in [1.54, 1.807) is 6.08 Å². The van der Waals surface area contributed by atoms with E-state index in [0.717, 1.165) is 28.5 Å². The van der Waals surface area contributed by atoms with Crippen molar-refractivity contribution in [3.05, 3.63) is 77.9 Å². The number of anilines is 1. The molecule has 0 saturated carbocycles. The fraction of sp³-hybridized carbons (Fsp3) is 0.192. The summed E-state index contributed by atoms with van der Waals surface area (Å²) in [6, 6.07) is 20.7. The fourth-order valence-electron chi connectivity index (χ4n) is 3.86. The summed E-state index contributed by atoms with van der Waals surface area (Å²) in [6.45, 7) is 4.91. The zero-order chi connectivity index (χ0) is 22.7. The van der Waals surface area contributed by atoms with Crippen molar-refractivity contribution in [2.45, 2.75) is 20.3 Å². The molecule has 0 aromatic heterocycles. The Hall–Kier alpha value is -3.51. The van der Waals surface area contributed by atoms with E-state index in [2.05, 4.69) is 0 Å². The molecule has 1 saturated heterocycles. The van der Waals surface area contributed by atoms with Crippen molar-refractivity contribution in [3.63, 3.8) is 0 Å². The van der Waals surface area contributed by atoms with Gasteiger partial charge in [-0.25, -0.2) is 0 Å². The summed E-state index contributed by atoms with van der Waals surface area (Å²) in [5.74, 6) is -0.0187. The maximum Gasteiger partial charge on any atom is 0.270 e. The number of rotatable bonds is 6. The molecule has 4 rings (SSSR count). The van der Waals surface area contributed by atoms with Gasteiger partial charge in [0.15, 0.2) is 5.11 Å². The molecular weight excluding hydrogens is 420 g/mol. The van der Waals surface area contributed by atoms with Gasteiger partial charge in [-0.1, -0.05) is 55.5 Å². The lowest BCUT2D eigenvalue weighted by molar-refractivity contribution is -0.127. The van der Waals surface area contributed by atoms with Crippen LogP contribution in [0.1, 0.15) is 25.8 Å². The van der Waals surface area contributed by atoms with Crippen molar-refractivity contribution in [3.8, 4) is 5.75 Å². The molecule has 0 atom stereocenters. The monoisotopic (exact) mass is 444 g/mol. The van der Waals surface area contributed by atoms with E-state index < -0.39 is 5.91 Å². The second-order valence-electron chi connectivity index (χ2n) is 7.41. The third-order valence-corrected chi connectivity index (χ3v) is 5.71. The first kappa shape index (κ1) is 21.7. The van der Waals surface area contributed by atoms with Gasteiger partial charge in [0.25, 0.3) is 11.8 Å². The Morgan fingerprint density at radius 3 is 2.25 bits per heavy atom. The minimum atomic E-state index is -0.420. The molecule has 5 nitrogen and oxygen atoms in total. The number of hydrogen-bond acceptors (Lipinski definition) is 4. The number of para-hydroxylation sites is 1. The lowest BCUT2D eigenvalue weighted by Crippen LogP contribution is -2.56. The SMILES string of the molecule is CCCN1C(=O)/C(=C\c2ccc(OCC)c3ccccc23)C(=O)N(c2ccccc2)C1=S. The number of amides is 2. The topological polar surface area (TPSA) is 49.9 Å². The van der Waals surface area contributed by atoms with Crippen LogP contribution in [0, 0.1) is 0 Å². The van der Waals surface area contributed by atoms with E-state index in [9.17, 15) is 9.59 Å². The first-order valence-electron chi connectivity index (χ1n) is 10.7. The lowest BCUT2D eigenvalue weighted by atomic mass is 9.99. The summed E-state index contributed by atoms with van der Waals surface area (Å²) >= 11 is 5.56. The van der Waals surface area contributed by atoms with Gasteiger partial charge in [-0.2, -0.15) is 0 Å². The summed E-state index contributed by atoms with van der Waals surface area (Å²) in [5, 5.41) is 2.05. The number of fused-ring (bicyclic) bond motifs is 1. The van der Waals surface area contributed by atoms with Crippen molar-refractivity contribution >= 4 is 51.7 Å². The Morgan fingerprint density at radius 1 is 0.875 bits per heavy atom. The van der Waals surface area contributed by atoms with Crippen LogP contribution in [0.4, 0.5) is 5.69 Å². The summed E-state index contributed by atoms with van der Waals surface area (Å²) in [5.41, 5.74) is 1.50. The van der Waals surface area contributed by atoms with Gasteiger partial charge in [-0.15, -0.1) is 0 Å². The molecular formula is C26H24N2O3S. The second-order valence-corrected chi connectivity index (χ2v) is 7.77. The average Bonchev–Trinajstić information content (AvgIpc) is 2.81. The molecule has 3 aromatic rings. The van der Waals surface area contributed by atoms with Crippen LogP contribution >= 0.6 is 12.2 Å². The number of carbonyl (C=O) groups excluding carboxylic acids is 2. The quantitative estimate of drug-likeness (QED) is 0.298. The molecule has 3 aromatic carbocycles. The molecule has 32 heavy (non-hydrogen) atoms. The fourth-order valence-corrected chi connectivity index (χ4v) is 4.22. The highest BCUT2D eigenvalue weighted by molar-refractivity contribution is 7.80. The molecule has 0 radical (unpaired) electrons. The van der Waals surface area contributed by atoms with E-state index in [1.165, 1.54) is 9.80 Å². The predicted octanol–water partition coefficient (Wildman–Crippen LogP) is 5.19. The van der Waals surface area contributed by atoms with Gasteiger partial charge in [0.2, 0.25) is 0 Å². The molecule has 0 aliphatic carbocycles. The molecule has 1 fully saturated rings. The molecule has 1 aliphatic heterocycles. The lowest BCUT2D eigenvalue weighted by Gasteiger charge is -2.36. The zero-order valence-corrected chi connectivity index (χ0v) is 18.9. The van der Waals surface area contributed by atoms with Crippen LogP contribution in [0.15, 0.2) is 72.3 Å². The highest BCUT2D eigenvalue weighted by Gasteiger charge is 2.39. The Bertz CT molecular complexity index is 1220. The Kier molecular flexibility index (Phi) is 6.32. The summed E-state index contributed by atoms with van der Waals surface area (Å²) < 4.78 is 5.76. The zero-order valence-electron chi connectivity index (χ0n) is 18.1. The van der Waals surface area contributed by atoms with Gasteiger partial charge < -0.3 is 4.74 Å². The van der Waals surface area contributed by atoms with Gasteiger partial charge in [0.1, 0.15) is 11.3 Å². The minimum absolute atomic E-state index is 0.0882. The Balaban J connectivity index is 1.86. The van der Waals surface area contributed by atoms with Crippen molar-refractivity contribution < 1.29 is 14.3 Å². The normalized spacial score (nSPS) is 15.7. The molecule has 162 valence electrons. The van der Waals surface area contributed by atoms with Crippen LogP contribution < -0.4 is 9.64 Å². The third-order valence-electron chi connectivity index (χ3n) is 5.31. The van der Waals surface area contributed by atoms with E-state index in [1.807, 2.05) is 80.6 Å². The van der Waals surface area contributed by atoms with E-state index in [4.69, 9.17) is 17.0 Å². The first-order chi connectivity index (χ1) is 15.6. The maximum atomic E-state index is 13.5. The van der Waals surface area contributed by atoms with Gasteiger partial charge in [0.05, 0.1) is 12.3 Å². The molecule has 0 bridgehead atoms. The largest absolute Gasteiger partial charge is 0.493 e. The summed E-state index contributed by atoms with van der Waals surface area (Å²) in [7, 11) is 0. The second kappa shape index (κ2) is 9.32. The van der Waals surface area contributed by atoms with Gasteiger partial charge in [0, 0.05) is 11.9 Å². The Labute approximate surface area is 192 Å². The molecule has 1 aliphatic rings. The number of benzene rings is 3. The van der Waals surface area contributed by atoms with E-state index in [-0.39, 0.29) is 16.6 Å². The third kappa shape index (κ3) is 3.89. The maximum absolute atomic E-state index is 13.5. The van der Waals surface area contributed by atoms with Crippen LogP contribution in [0.3, 0.4) is 0 Å². The van der Waals surface area contributed by atoms with Crippen LogP contribution in [0.2, 0.25) is 0 Å². The standard InChI is InChI=1S/C26H24N2O3S/c1-3-16-27-24(29)22(25(30)28(26(27)32)19-10-6-5-7-11-19)17-18-14-15-23(31-4-2)21-13-9-8-12-20(18)21/h5-15,17H,3-4,16H2,1-2H3/b22-17+. The molecule has 0 N–H and O–H groups in total. The Morgan fingerprint density at radius 2 is 1.56 bits per heavy atom. The molecule has 2 amide bonds. The van der Waals surface area contributed by atoms with Gasteiger partial charge in [-0.05, 0) is 60.8 Å². The van der Waals surface area contributed by atoms with Crippen LogP contribution in [0.25, 0.3) is 16.8 Å². The number of thiocarbonyl (C=S) groups is 1. The van der Waals surface area contributed by atoms with Crippen LogP contribution in [-0.2, 0) is 9.59 Å². The van der Waals surface area contributed by atoms with E-state index in [0.29, 0.717) is 18.8 Å². The first-order valence-corrected chi connectivity index (χ1v) is 11.1. The molecule has 0 unspecified atom stereocenters. The van der Waals surface area contributed by atoms with Gasteiger partial charge >= 0.3 is 0 Å². The van der Waals surface area contributed by atoms with Crippen LogP contribution in [0.5, 0.6) is 5.75 Å². The highest BCUT2D eigenvalue weighted by atomic mass is 32.1. The van der Waals surface area contributed by atoms with Crippen molar-refractivity contribution in [1.82, 2.24) is 4.90 Å². The average molecular weight is 445 g/mol. The highest BCUT2D eigenvalue weighted by Crippen LogP contribution is 2.32. The number of hydrogen-bond donors (Lipinski definition) is 0. The van der Waals surface area contributed by atoms with Crippen molar-refractivity contribution in [1.29, 1.82) is 0 Å². The minimum Gasteiger partial charge on any atom is -0.493 e. The predicted molar refractivity (Wildman–Crippen MR) is 132 cm³/mol. The van der Waals surface area contributed by atoms with Crippen molar-refractivity contribution in [2.24, 2.45) is 0 Å². The summed E-state index contributed by atoms with van der Waals surface area (Å²) in [6.07, 6.45) is 2.39. The number of nitrogens with zero attached hydrogens (tertiary/aromatic N) is 2. The number of ether oxygens (including phenoxy) is 1. The molecule has 6 heteroatoms. The summed E-state index contributed by atoms with van der Waals surface area (Å²) in [4.78, 5) is 29.8. The van der Waals surface area contributed by atoms with E-state index >= 15 is 0 Å². The van der Waals surface area contributed by atoms with Crippen LogP contribution in [-0.4, -0.2) is 35.0 Å². The number of carbonyl (C=O) groups is 2. The molecule has 0 spiro atoms.